The van der Waals surface area contributed by atoms with Gasteiger partial charge in [0.1, 0.15) is 0 Å². The highest BCUT2D eigenvalue weighted by molar-refractivity contribution is 5.28. The molecule has 1 fully saturated rings. The van der Waals surface area contributed by atoms with E-state index in [0.717, 1.165) is 5.92 Å². The van der Waals surface area contributed by atoms with E-state index in [0.29, 0.717) is 18.0 Å². The Bertz CT molecular complexity index is 383. The van der Waals surface area contributed by atoms with Gasteiger partial charge in [-0.05, 0) is 24.6 Å². The summed E-state index contributed by atoms with van der Waals surface area (Å²) in [6.07, 6.45) is 18.9. The molecule has 0 aromatic carbocycles. The van der Waals surface area contributed by atoms with Gasteiger partial charge in [-0.25, -0.2) is 0 Å². The molecule has 2 nitrogen and oxygen atoms in total. The van der Waals surface area contributed by atoms with Crippen molar-refractivity contribution in [1.29, 1.82) is 0 Å². The van der Waals surface area contributed by atoms with E-state index in [2.05, 4.69) is 48.4 Å². The maximum atomic E-state index is 6.29. The first-order valence-electron chi connectivity index (χ1n) is 7.39. The summed E-state index contributed by atoms with van der Waals surface area (Å²) in [6, 6.07) is 1.31. The van der Waals surface area contributed by atoms with Gasteiger partial charge in [0.25, 0.3) is 0 Å². The Morgan fingerprint density at radius 1 is 1.11 bits per heavy atom. The molecule has 2 heteroatoms. The average molecular weight is 244 g/mol. The second-order valence-corrected chi connectivity index (χ2v) is 5.85. The maximum Gasteiger partial charge on any atom is 0.0540 e. The lowest BCUT2D eigenvalue weighted by Gasteiger charge is -2.26. The van der Waals surface area contributed by atoms with Crippen LogP contribution in [0.4, 0.5) is 0 Å². The maximum absolute atomic E-state index is 6.29. The quantitative estimate of drug-likeness (QED) is 0.771. The molecule has 2 heterocycles. The van der Waals surface area contributed by atoms with Gasteiger partial charge in [0, 0.05) is 12.0 Å². The minimum atomic E-state index is 0.226. The van der Waals surface area contributed by atoms with Crippen LogP contribution in [0, 0.1) is 11.8 Å². The standard InChI is InChI=1S/C16H24N2/c1-2-3-4-8-13-12-7-5-6-9-15(12)18-11-10-14(17)16(13)18/h5-7,9-16H,2-4,8,17H2,1H3. The third-order valence-electron chi connectivity index (χ3n) is 4.78. The summed E-state index contributed by atoms with van der Waals surface area (Å²) in [6.45, 7) is 2.27. The molecule has 98 valence electrons. The van der Waals surface area contributed by atoms with Crippen LogP contribution >= 0.6 is 0 Å². The van der Waals surface area contributed by atoms with Crippen molar-refractivity contribution >= 4 is 0 Å². The third kappa shape index (κ3) is 1.83. The molecule has 18 heavy (non-hydrogen) atoms. The van der Waals surface area contributed by atoms with E-state index >= 15 is 0 Å². The van der Waals surface area contributed by atoms with Gasteiger partial charge in [-0.3, -0.25) is 0 Å². The highest BCUT2D eigenvalue weighted by Gasteiger charge is 2.49. The van der Waals surface area contributed by atoms with E-state index < -0.39 is 0 Å². The molecule has 2 aliphatic heterocycles. The van der Waals surface area contributed by atoms with E-state index in [9.17, 15) is 0 Å². The van der Waals surface area contributed by atoms with Crippen molar-refractivity contribution in [3.63, 3.8) is 0 Å². The van der Waals surface area contributed by atoms with Crippen LogP contribution in [-0.2, 0) is 0 Å². The zero-order valence-corrected chi connectivity index (χ0v) is 11.2. The Morgan fingerprint density at radius 2 is 1.94 bits per heavy atom. The lowest BCUT2D eigenvalue weighted by molar-refractivity contribution is 0.274. The molecule has 3 aliphatic rings. The second kappa shape index (κ2) is 4.93. The number of unbranched alkanes of at least 4 members (excludes halogenated alkanes) is 2. The molecule has 1 saturated heterocycles. The molecule has 0 amide bonds. The summed E-state index contributed by atoms with van der Waals surface area (Å²) in [7, 11) is 0. The van der Waals surface area contributed by atoms with Crippen LogP contribution in [0.2, 0.25) is 0 Å². The smallest absolute Gasteiger partial charge is 0.0540 e. The Morgan fingerprint density at radius 3 is 2.78 bits per heavy atom. The number of nitrogens with two attached hydrogens (primary N) is 1. The summed E-state index contributed by atoms with van der Waals surface area (Å²) in [4.78, 5) is 2.51. The number of rotatable bonds is 4. The van der Waals surface area contributed by atoms with E-state index in [-0.39, 0.29) is 6.04 Å². The molecule has 0 saturated carbocycles. The molecule has 0 spiro atoms. The largest absolute Gasteiger partial charge is 0.366 e. The van der Waals surface area contributed by atoms with Gasteiger partial charge in [0.2, 0.25) is 0 Å². The third-order valence-corrected chi connectivity index (χ3v) is 4.78. The van der Waals surface area contributed by atoms with E-state index in [4.69, 9.17) is 5.73 Å². The molecule has 1 aliphatic carbocycles. The summed E-state index contributed by atoms with van der Waals surface area (Å²) in [5.74, 6) is 1.40. The van der Waals surface area contributed by atoms with Crippen LogP contribution in [0.3, 0.4) is 0 Å². The van der Waals surface area contributed by atoms with Crippen LogP contribution in [0.15, 0.2) is 36.6 Å². The molecule has 5 atom stereocenters. The van der Waals surface area contributed by atoms with Crippen LogP contribution in [-0.4, -0.2) is 23.0 Å². The molecule has 0 aromatic heterocycles. The number of nitrogens with zero attached hydrogens (tertiary/aromatic N) is 1. The zero-order valence-electron chi connectivity index (χ0n) is 11.2. The molecule has 0 radical (unpaired) electrons. The Labute approximate surface area is 110 Å². The van der Waals surface area contributed by atoms with Gasteiger partial charge in [0.05, 0.1) is 12.1 Å². The lowest BCUT2D eigenvalue weighted by atomic mass is 9.80. The second-order valence-electron chi connectivity index (χ2n) is 5.85. The highest BCUT2D eigenvalue weighted by Crippen LogP contribution is 2.44. The van der Waals surface area contributed by atoms with Gasteiger partial charge >= 0.3 is 0 Å². The molecular weight excluding hydrogens is 220 g/mol. The first kappa shape index (κ1) is 12.0. The van der Waals surface area contributed by atoms with Gasteiger partial charge in [-0.15, -0.1) is 0 Å². The van der Waals surface area contributed by atoms with Crippen molar-refractivity contribution in [1.82, 2.24) is 4.90 Å². The number of hydrogen-bond donors (Lipinski definition) is 1. The van der Waals surface area contributed by atoms with Gasteiger partial charge in [0.15, 0.2) is 0 Å². The zero-order chi connectivity index (χ0) is 12.5. The van der Waals surface area contributed by atoms with Crippen molar-refractivity contribution in [3.05, 3.63) is 36.6 Å². The topological polar surface area (TPSA) is 29.3 Å². The van der Waals surface area contributed by atoms with Crippen molar-refractivity contribution in [2.24, 2.45) is 17.6 Å². The number of fused-ring (bicyclic) bond motifs is 3. The highest BCUT2D eigenvalue weighted by atomic mass is 15.2. The normalized spacial score (nSPS) is 40.3. The van der Waals surface area contributed by atoms with Crippen LogP contribution < -0.4 is 5.73 Å². The lowest BCUT2D eigenvalue weighted by Crippen LogP contribution is -2.40. The van der Waals surface area contributed by atoms with Gasteiger partial charge in [-0.2, -0.15) is 0 Å². The van der Waals surface area contributed by atoms with Crippen molar-refractivity contribution in [2.45, 2.75) is 50.7 Å². The van der Waals surface area contributed by atoms with E-state index in [1.807, 2.05) is 0 Å². The number of allylic oxidation sites excluding steroid dienone is 2. The molecule has 0 aromatic rings. The fourth-order valence-corrected chi connectivity index (χ4v) is 3.94. The summed E-state index contributed by atoms with van der Waals surface area (Å²) in [5.41, 5.74) is 6.29. The minimum Gasteiger partial charge on any atom is -0.366 e. The van der Waals surface area contributed by atoms with Crippen molar-refractivity contribution in [3.8, 4) is 0 Å². The molecule has 0 bridgehead atoms. The molecule has 3 rings (SSSR count). The minimum absolute atomic E-state index is 0.226. The fraction of sp³-hybridized carbons (Fsp3) is 0.625. The summed E-state index contributed by atoms with van der Waals surface area (Å²) in [5, 5.41) is 0. The summed E-state index contributed by atoms with van der Waals surface area (Å²) < 4.78 is 0. The first-order valence-corrected chi connectivity index (χ1v) is 7.39. The SMILES string of the molecule is CCCCCC1C2C=CC=CC2N2C=CC(N)C12. The van der Waals surface area contributed by atoms with E-state index in [1.54, 1.807) is 0 Å². The first-order chi connectivity index (χ1) is 8.83. The van der Waals surface area contributed by atoms with E-state index in [1.165, 1.54) is 25.7 Å². The predicted octanol–water partition coefficient (Wildman–Crippen LogP) is 2.83. The monoisotopic (exact) mass is 244 g/mol. The fourth-order valence-electron chi connectivity index (χ4n) is 3.94. The van der Waals surface area contributed by atoms with Gasteiger partial charge < -0.3 is 10.6 Å². The van der Waals surface area contributed by atoms with Crippen LogP contribution in [0.5, 0.6) is 0 Å². The van der Waals surface area contributed by atoms with Crippen LogP contribution in [0.25, 0.3) is 0 Å². The summed E-state index contributed by atoms with van der Waals surface area (Å²) >= 11 is 0. The Hall–Kier alpha value is -1.02. The van der Waals surface area contributed by atoms with Crippen molar-refractivity contribution < 1.29 is 0 Å². The predicted molar refractivity (Wildman–Crippen MR) is 75.9 cm³/mol. The van der Waals surface area contributed by atoms with Crippen LogP contribution in [0.1, 0.15) is 32.6 Å². The average Bonchev–Trinajstić information content (AvgIpc) is 2.91. The molecule has 5 unspecified atom stereocenters. The van der Waals surface area contributed by atoms with Gasteiger partial charge in [-0.1, -0.05) is 50.5 Å². The Balaban J connectivity index is 1.78. The van der Waals surface area contributed by atoms with Crippen molar-refractivity contribution in [2.75, 3.05) is 0 Å². The number of hydrogen-bond acceptors (Lipinski definition) is 2. The Kier molecular flexibility index (Phi) is 3.29. The molecular formula is C16H24N2. The molecule has 2 N–H and O–H groups in total.